The fourth-order valence-corrected chi connectivity index (χ4v) is 3.25. The lowest BCUT2D eigenvalue weighted by Crippen LogP contribution is -2.38. The maximum atomic E-state index is 13.9. The number of benzene rings is 2. The van der Waals surface area contributed by atoms with Crippen LogP contribution in [0.4, 0.5) is 18.9 Å². The standard InChI is InChI=1S/C17H17F3N2O3S/c1-11-4-3-5-12(10-11)17(23)21-8-9-22(26(2,24)25)14-7-6-13(18)15(19)16(14)20/h3-7,10H,8-9H2,1-2H3,(H,21,23). The Labute approximate surface area is 149 Å². The van der Waals surface area contributed by atoms with E-state index in [4.69, 9.17) is 0 Å². The molecule has 0 aliphatic carbocycles. The number of carbonyl (C=O) groups is 1. The number of nitrogens with zero attached hydrogens (tertiary/aromatic N) is 1. The number of rotatable bonds is 6. The minimum Gasteiger partial charge on any atom is -0.350 e. The second kappa shape index (κ2) is 7.77. The number of nitrogens with one attached hydrogen (secondary N) is 1. The average molecular weight is 386 g/mol. The van der Waals surface area contributed by atoms with Gasteiger partial charge in [-0.3, -0.25) is 9.10 Å². The van der Waals surface area contributed by atoms with Crippen molar-refractivity contribution in [3.05, 3.63) is 65.0 Å². The van der Waals surface area contributed by atoms with Gasteiger partial charge in [0.25, 0.3) is 5.91 Å². The summed E-state index contributed by atoms with van der Waals surface area (Å²) in [6.07, 6.45) is 0.802. The van der Waals surface area contributed by atoms with Gasteiger partial charge in [0.05, 0.1) is 18.5 Å². The third-order valence-corrected chi connectivity index (χ3v) is 4.74. The van der Waals surface area contributed by atoms with Gasteiger partial charge in [-0.2, -0.15) is 0 Å². The maximum Gasteiger partial charge on any atom is 0.251 e. The lowest BCUT2D eigenvalue weighted by Gasteiger charge is -2.23. The van der Waals surface area contributed by atoms with Crippen molar-refractivity contribution in [3.63, 3.8) is 0 Å². The first-order valence-corrected chi connectivity index (χ1v) is 9.42. The molecule has 5 nitrogen and oxygen atoms in total. The van der Waals surface area contributed by atoms with Gasteiger partial charge in [-0.25, -0.2) is 21.6 Å². The predicted molar refractivity (Wildman–Crippen MR) is 92.0 cm³/mol. The van der Waals surface area contributed by atoms with E-state index in [1.165, 1.54) is 0 Å². The molecule has 0 bridgehead atoms. The van der Waals surface area contributed by atoms with Crippen molar-refractivity contribution in [3.8, 4) is 0 Å². The normalized spacial score (nSPS) is 11.3. The highest BCUT2D eigenvalue weighted by Crippen LogP contribution is 2.25. The monoisotopic (exact) mass is 386 g/mol. The minimum absolute atomic E-state index is 0.154. The summed E-state index contributed by atoms with van der Waals surface area (Å²) in [6, 6.07) is 8.22. The fraction of sp³-hybridized carbons (Fsp3) is 0.235. The summed E-state index contributed by atoms with van der Waals surface area (Å²) in [6.45, 7) is 1.31. The molecule has 140 valence electrons. The fourth-order valence-electron chi connectivity index (χ4n) is 2.33. The molecule has 2 aromatic carbocycles. The van der Waals surface area contributed by atoms with Crippen LogP contribution in [0, 0.1) is 24.4 Å². The Bertz CT molecular complexity index is 933. The summed E-state index contributed by atoms with van der Waals surface area (Å²) in [5.74, 6) is -5.24. The highest BCUT2D eigenvalue weighted by molar-refractivity contribution is 7.92. The molecule has 0 aromatic heterocycles. The topological polar surface area (TPSA) is 66.5 Å². The molecule has 0 aliphatic heterocycles. The molecule has 0 saturated carbocycles. The number of carbonyl (C=O) groups excluding carboxylic acids is 1. The number of halogens is 3. The molecule has 0 unspecified atom stereocenters. The minimum atomic E-state index is -3.99. The zero-order valence-corrected chi connectivity index (χ0v) is 14.9. The summed E-state index contributed by atoms with van der Waals surface area (Å²) in [4.78, 5) is 12.1. The highest BCUT2D eigenvalue weighted by Gasteiger charge is 2.24. The summed E-state index contributed by atoms with van der Waals surface area (Å²) >= 11 is 0. The van der Waals surface area contributed by atoms with Gasteiger partial charge in [-0.05, 0) is 31.2 Å². The van der Waals surface area contributed by atoms with Crippen LogP contribution in [0.1, 0.15) is 15.9 Å². The smallest absolute Gasteiger partial charge is 0.251 e. The third kappa shape index (κ3) is 4.54. The van der Waals surface area contributed by atoms with Gasteiger partial charge >= 0.3 is 0 Å². The molecule has 9 heteroatoms. The first-order valence-electron chi connectivity index (χ1n) is 7.57. The average Bonchev–Trinajstić information content (AvgIpc) is 2.56. The van der Waals surface area contributed by atoms with Crippen molar-refractivity contribution in [2.24, 2.45) is 0 Å². The summed E-state index contributed by atoms with van der Waals surface area (Å²) < 4.78 is 64.8. The van der Waals surface area contributed by atoms with E-state index in [2.05, 4.69) is 5.32 Å². The molecule has 0 saturated heterocycles. The van der Waals surface area contributed by atoms with Gasteiger partial charge in [0.1, 0.15) is 0 Å². The van der Waals surface area contributed by atoms with E-state index in [1.54, 1.807) is 18.2 Å². The summed E-state index contributed by atoms with van der Waals surface area (Å²) in [5, 5.41) is 2.51. The van der Waals surface area contributed by atoms with Gasteiger partial charge in [0.15, 0.2) is 17.5 Å². The maximum absolute atomic E-state index is 13.9. The van der Waals surface area contributed by atoms with Crippen molar-refractivity contribution in [2.45, 2.75) is 6.92 Å². The van der Waals surface area contributed by atoms with E-state index in [1.807, 2.05) is 13.0 Å². The van der Waals surface area contributed by atoms with Gasteiger partial charge < -0.3 is 5.32 Å². The van der Waals surface area contributed by atoms with Crippen LogP contribution < -0.4 is 9.62 Å². The van der Waals surface area contributed by atoms with Crippen molar-refractivity contribution in [1.29, 1.82) is 0 Å². The molecular formula is C17H17F3N2O3S. The number of hydrogen-bond acceptors (Lipinski definition) is 3. The second-order valence-electron chi connectivity index (χ2n) is 5.65. The zero-order chi connectivity index (χ0) is 19.5. The van der Waals surface area contributed by atoms with Gasteiger partial charge in [0.2, 0.25) is 10.0 Å². The first kappa shape index (κ1) is 19.8. The zero-order valence-electron chi connectivity index (χ0n) is 14.1. The quantitative estimate of drug-likeness (QED) is 0.776. The van der Waals surface area contributed by atoms with Crippen LogP contribution in [-0.4, -0.2) is 33.7 Å². The van der Waals surface area contributed by atoms with E-state index >= 15 is 0 Å². The molecule has 0 spiro atoms. The van der Waals surface area contributed by atoms with Crippen LogP contribution in [0.25, 0.3) is 0 Å². The Balaban J connectivity index is 2.15. The number of aryl methyl sites for hydroxylation is 1. The summed E-state index contributed by atoms with van der Waals surface area (Å²) in [5.41, 5.74) is 0.630. The number of hydrogen-bond donors (Lipinski definition) is 1. The predicted octanol–water partition coefficient (Wildman–Crippen LogP) is 2.61. The Morgan fingerprint density at radius 3 is 2.42 bits per heavy atom. The van der Waals surface area contributed by atoms with Gasteiger partial charge in [-0.1, -0.05) is 17.7 Å². The Hall–Kier alpha value is -2.55. The van der Waals surface area contributed by atoms with E-state index in [0.29, 0.717) is 15.9 Å². The van der Waals surface area contributed by atoms with Crippen LogP contribution in [0.3, 0.4) is 0 Å². The molecule has 1 amide bonds. The van der Waals surface area contributed by atoms with Crippen LogP contribution in [0.15, 0.2) is 36.4 Å². The largest absolute Gasteiger partial charge is 0.350 e. The van der Waals surface area contributed by atoms with Crippen LogP contribution in [-0.2, 0) is 10.0 Å². The van der Waals surface area contributed by atoms with Crippen molar-refractivity contribution < 1.29 is 26.4 Å². The molecular weight excluding hydrogens is 369 g/mol. The van der Waals surface area contributed by atoms with Gasteiger partial charge in [-0.15, -0.1) is 0 Å². The van der Waals surface area contributed by atoms with E-state index < -0.39 is 39.1 Å². The van der Waals surface area contributed by atoms with Crippen molar-refractivity contribution in [1.82, 2.24) is 5.32 Å². The van der Waals surface area contributed by atoms with E-state index in [9.17, 15) is 26.4 Å². The molecule has 2 rings (SSSR count). The number of amides is 1. The van der Waals surface area contributed by atoms with E-state index in [0.717, 1.165) is 17.9 Å². The molecule has 2 aromatic rings. The lowest BCUT2D eigenvalue weighted by atomic mass is 10.1. The molecule has 26 heavy (non-hydrogen) atoms. The molecule has 0 aliphatic rings. The molecule has 0 radical (unpaired) electrons. The summed E-state index contributed by atoms with van der Waals surface area (Å²) in [7, 11) is -3.99. The second-order valence-corrected chi connectivity index (χ2v) is 7.56. The highest BCUT2D eigenvalue weighted by atomic mass is 32.2. The Kier molecular flexibility index (Phi) is 5.91. The molecule has 0 fully saturated rings. The van der Waals surface area contributed by atoms with Crippen molar-refractivity contribution in [2.75, 3.05) is 23.7 Å². The number of sulfonamides is 1. The molecule has 0 heterocycles. The van der Waals surface area contributed by atoms with E-state index in [-0.39, 0.29) is 13.1 Å². The van der Waals surface area contributed by atoms with Crippen LogP contribution >= 0.6 is 0 Å². The Morgan fingerprint density at radius 2 is 1.81 bits per heavy atom. The first-order chi connectivity index (χ1) is 12.1. The lowest BCUT2D eigenvalue weighted by molar-refractivity contribution is 0.0954. The molecule has 1 N–H and O–H groups in total. The van der Waals surface area contributed by atoms with Crippen molar-refractivity contribution >= 4 is 21.6 Å². The SMILES string of the molecule is Cc1cccc(C(=O)NCCN(c2ccc(F)c(F)c2F)S(C)(=O)=O)c1. The van der Waals surface area contributed by atoms with Gasteiger partial charge in [0, 0.05) is 12.1 Å². The van der Waals surface area contributed by atoms with Crippen LogP contribution in [0.2, 0.25) is 0 Å². The number of anilines is 1. The molecule has 0 atom stereocenters. The van der Waals surface area contributed by atoms with Crippen LogP contribution in [0.5, 0.6) is 0 Å². The third-order valence-electron chi connectivity index (χ3n) is 3.56. The Morgan fingerprint density at radius 1 is 1.12 bits per heavy atom.